The first-order chi connectivity index (χ1) is 11.5. The molecule has 130 valence electrons. The molecule has 2 aromatic rings. The summed E-state index contributed by atoms with van der Waals surface area (Å²) in [5, 5.41) is 7.51. The zero-order valence-corrected chi connectivity index (χ0v) is 15.9. The number of thiophene rings is 1. The molecule has 0 aliphatic heterocycles. The minimum absolute atomic E-state index is 0.270. The zero-order valence-electron chi connectivity index (χ0n) is 15.0. The second-order valence-corrected chi connectivity index (χ2v) is 6.72. The normalized spacial score (nSPS) is 13.3. The van der Waals surface area contributed by atoms with Crippen molar-refractivity contribution in [3.8, 4) is 0 Å². The Morgan fingerprint density at radius 1 is 1.21 bits per heavy atom. The number of likely N-dealkylation sites (N-methyl/N-ethyl adjacent to an activating group) is 1. The van der Waals surface area contributed by atoms with E-state index >= 15 is 0 Å². The topological polar surface area (TPSA) is 53.6 Å². The number of aryl methyl sites for hydroxylation is 2. The van der Waals surface area contributed by atoms with Gasteiger partial charge < -0.3 is 11.1 Å². The number of nitrogens with zero attached hydrogens (tertiary/aromatic N) is 2. The Balaban J connectivity index is 2.08. The van der Waals surface area contributed by atoms with Gasteiger partial charge in [0.05, 0.1) is 12.6 Å². The van der Waals surface area contributed by atoms with Crippen LogP contribution in [0.25, 0.3) is 0 Å². The Kier molecular flexibility index (Phi) is 6.82. The van der Waals surface area contributed by atoms with Crippen LogP contribution in [-0.2, 0) is 0 Å². The fourth-order valence-corrected chi connectivity index (χ4v) is 3.46. The second-order valence-electron chi connectivity index (χ2n) is 5.94. The Morgan fingerprint density at radius 2 is 1.96 bits per heavy atom. The van der Waals surface area contributed by atoms with Crippen LogP contribution in [0.4, 0.5) is 5.69 Å². The lowest BCUT2D eigenvalue weighted by Crippen LogP contribution is -2.31. The molecule has 0 aliphatic rings. The van der Waals surface area contributed by atoms with Crippen LogP contribution < -0.4 is 11.1 Å². The van der Waals surface area contributed by atoms with E-state index in [1.807, 2.05) is 6.07 Å². The molecule has 0 amide bonds. The lowest BCUT2D eigenvalue weighted by molar-refractivity contribution is 0.225. The van der Waals surface area contributed by atoms with Crippen molar-refractivity contribution in [2.24, 2.45) is 10.7 Å². The molecule has 0 aliphatic carbocycles. The Bertz CT molecular complexity index is 660. The van der Waals surface area contributed by atoms with Crippen LogP contribution in [0.2, 0.25) is 0 Å². The molecule has 1 unspecified atom stereocenters. The zero-order chi connectivity index (χ0) is 17.5. The van der Waals surface area contributed by atoms with Gasteiger partial charge in [0.1, 0.15) is 0 Å². The molecule has 3 N–H and O–H groups in total. The predicted octanol–water partition coefficient (Wildman–Crippen LogP) is 4.17. The standard InChI is InChI=1S/C19H28N4S/c1-5-23(6-2)18(16-9-10-24-13-16)12-21-19(20)22-17-8-7-14(3)15(4)11-17/h7-11,13,18H,5-6,12H2,1-4H3,(H3,20,21,22). The van der Waals surface area contributed by atoms with Crippen LogP contribution in [0, 0.1) is 13.8 Å². The number of anilines is 1. The number of hydrogen-bond acceptors (Lipinski definition) is 3. The smallest absolute Gasteiger partial charge is 0.193 e. The van der Waals surface area contributed by atoms with Gasteiger partial charge in [-0.1, -0.05) is 19.9 Å². The number of benzene rings is 1. The Morgan fingerprint density at radius 3 is 2.54 bits per heavy atom. The van der Waals surface area contributed by atoms with Crippen LogP contribution in [0.1, 0.15) is 36.6 Å². The van der Waals surface area contributed by atoms with E-state index in [4.69, 9.17) is 5.73 Å². The van der Waals surface area contributed by atoms with Crippen LogP contribution in [0.3, 0.4) is 0 Å². The molecular weight excluding hydrogens is 316 g/mol. The molecule has 2 rings (SSSR count). The lowest BCUT2D eigenvalue weighted by atomic mass is 10.1. The summed E-state index contributed by atoms with van der Waals surface area (Å²) in [5.41, 5.74) is 10.9. The summed E-state index contributed by atoms with van der Waals surface area (Å²) in [6, 6.07) is 8.67. The molecule has 1 aromatic heterocycles. The molecule has 1 heterocycles. The van der Waals surface area contributed by atoms with E-state index in [1.54, 1.807) is 11.3 Å². The van der Waals surface area contributed by atoms with Crippen LogP contribution in [0.5, 0.6) is 0 Å². The minimum atomic E-state index is 0.270. The number of nitrogens with one attached hydrogen (secondary N) is 1. The van der Waals surface area contributed by atoms with Crippen molar-refractivity contribution in [1.29, 1.82) is 0 Å². The lowest BCUT2D eigenvalue weighted by Gasteiger charge is -2.28. The van der Waals surface area contributed by atoms with Crippen LogP contribution in [-0.4, -0.2) is 30.5 Å². The first kappa shape index (κ1) is 18.5. The molecule has 24 heavy (non-hydrogen) atoms. The molecule has 0 saturated carbocycles. The van der Waals surface area contributed by atoms with E-state index in [9.17, 15) is 0 Å². The maximum atomic E-state index is 6.10. The summed E-state index contributed by atoms with van der Waals surface area (Å²) < 4.78 is 0. The van der Waals surface area contributed by atoms with E-state index in [1.165, 1.54) is 16.7 Å². The van der Waals surface area contributed by atoms with E-state index in [-0.39, 0.29) is 6.04 Å². The highest BCUT2D eigenvalue weighted by atomic mass is 32.1. The van der Waals surface area contributed by atoms with Gasteiger partial charge in [0.25, 0.3) is 0 Å². The number of guanidine groups is 1. The maximum Gasteiger partial charge on any atom is 0.193 e. The molecule has 0 spiro atoms. The number of nitrogens with two attached hydrogens (primary N) is 1. The van der Waals surface area contributed by atoms with Gasteiger partial charge in [-0.3, -0.25) is 9.89 Å². The maximum absolute atomic E-state index is 6.10. The minimum Gasteiger partial charge on any atom is -0.370 e. The predicted molar refractivity (Wildman–Crippen MR) is 106 cm³/mol. The molecule has 4 nitrogen and oxygen atoms in total. The summed E-state index contributed by atoms with van der Waals surface area (Å²) in [7, 11) is 0. The molecule has 5 heteroatoms. The average molecular weight is 345 g/mol. The van der Waals surface area contributed by atoms with Crippen LogP contribution in [0.15, 0.2) is 40.0 Å². The average Bonchev–Trinajstić information content (AvgIpc) is 3.09. The summed E-state index contributed by atoms with van der Waals surface area (Å²) in [4.78, 5) is 7.00. The van der Waals surface area contributed by atoms with Crippen molar-refractivity contribution in [2.45, 2.75) is 33.7 Å². The third kappa shape index (κ3) is 4.82. The summed E-state index contributed by atoms with van der Waals surface area (Å²) in [5.74, 6) is 0.464. The number of rotatable bonds is 7. The summed E-state index contributed by atoms with van der Waals surface area (Å²) in [6.45, 7) is 11.2. The molecule has 0 radical (unpaired) electrons. The number of hydrogen-bond donors (Lipinski definition) is 2. The van der Waals surface area contributed by atoms with Crippen molar-refractivity contribution in [1.82, 2.24) is 4.90 Å². The van der Waals surface area contributed by atoms with E-state index < -0.39 is 0 Å². The molecule has 0 fully saturated rings. The highest BCUT2D eigenvalue weighted by Crippen LogP contribution is 2.23. The van der Waals surface area contributed by atoms with E-state index in [2.05, 4.69) is 71.9 Å². The fourth-order valence-electron chi connectivity index (χ4n) is 2.75. The van der Waals surface area contributed by atoms with Crippen molar-refractivity contribution in [3.63, 3.8) is 0 Å². The van der Waals surface area contributed by atoms with Gasteiger partial charge in [0.2, 0.25) is 0 Å². The third-order valence-corrected chi connectivity index (χ3v) is 5.10. The number of aliphatic imine (C=N–C) groups is 1. The first-order valence-corrected chi connectivity index (χ1v) is 9.39. The molecule has 1 aromatic carbocycles. The van der Waals surface area contributed by atoms with Gasteiger partial charge in [-0.25, -0.2) is 0 Å². The van der Waals surface area contributed by atoms with Crippen LogP contribution >= 0.6 is 11.3 Å². The van der Waals surface area contributed by atoms with Gasteiger partial charge in [-0.2, -0.15) is 11.3 Å². The van der Waals surface area contributed by atoms with Crippen molar-refractivity contribution < 1.29 is 0 Å². The van der Waals surface area contributed by atoms with Crippen molar-refractivity contribution >= 4 is 23.0 Å². The van der Waals surface area contributed by atoms with Crippen molar-refractivity contribution in [2.75, 3.05) is 25.0 Å². The molecule has 0 saturated heterocycles. The fraction of sp³-hybridized carbons (Fsp3) is 0.421. The molecule has 1 atom stereocenters. The quantitative estimate of drug-likeness (QED) is 0.585. The second kappa shape index (κ2) is 8.85. The summed E-state index contributed by atoms with van der Waals surface area (Å²) >= 11 is 1.72. The van der Waals surface area contributed by atoms with E-state index in [0.717, 1.165) is 18.8 Å². The molecular formula is C19H28N4S. The molecule has 0 bridgehead atoms. The van der Waals surface area contributed by atoms with Crippen molar-refractivity contribution in [3.05, 3.63) is 51.7 Å². The SMILES string of the molecule is CCN(CC)C(CN=C(N)Nc1ccc(C)c(C)c1)c1ccsc1. The van der Waals surface area contributed by atoms with Gasteiger partial charge in [0, 0.05) is 5.69 Å². The van der Waals surface area contributed by atoms with Gasteiger partial charge >= 0.3 is 0 Å². The van der Waals surface area contributed by atoms with Gasteiger partial charge in [0.15, 0.2) is 5.96 Å². The highest BCUT2D eigenvalue weighted by Gasteiger charge is 2.18. The highest BCUT2D eigenvalue weighted by molar-refractivity contribution is 7.07. The van der Waals surface area contributed by atoms with E-state index in [0.29, 0.717) is 12.5 Å². The first-order valence-electron chi connectivity index (χ1n) is 8.45. The van der Waals surface area contributed by atoms with Gasteiger partial charge in [-0.15, -0.1) is 0 Å². The summed E-state index contributed by atoms with van der Waals surface area (Å²) in [6.07, 6.45) is 0. The largest absolute Gasteiger partial charge is 0.370 e. The van der Waals surface area contributed by atoms with Gasteiger partial charge in [-0.05, 0) is 72.6 Å². The Hall–Kier alpha value is -1.85. The third-order valence-electron chi connectivity index (χ3n) is 4.39. The monoisotopic (exact) mass is 344 g/mol. The Labute approximate surface area is 149 Å².